The summed E-state index contributed by atoms with van der Waals surface area (Å²) in [5, 5.41) is 3.38. The maximum atomic E-state index is 3.57. The van der Waals surface area contributed by atoms with Crippen molar-refractivity contribution in [2.45, 2.75) is 12.5 Å². The zero-order valence-electron chi connectivity index (χ0n) is 6.48. The molecule has 0 bridgehead atoms. The van der Waals surface area contributed by atoms with Crippen LogP contribution in [0.2, 0.25) is 0 Å². The number of halogens is 2. The van der Waals surface area contributed by atoms with Crippen molar-refractivity contribution in [3.8, 4) is 0 Å². The average molecular weight is 291 g/mol. The van der Waals surface area contributed by atoms with Crippen LogP contribution in [-0.4, -0.2) is 6.54 Å². The van der Waals surface area contributed by atoms with Gasteiger partial charge in [-0.2, -0.15) is 0 Å². The third-order valence-corrected chi connectivity index (χ3v) is 4.26. The first-order valence-corrected chi connectivity index (χ1v) is 5.55. The van der Waals surface area contributed by atoms with E-state index in [2.05, 4.69) is 49.3 Å². The fourth-order valence-corrected chi connectivity index (χ4v) is 2.27. The Balaban J connectivity index is 2.36. The van der Waals surface area contributed by atoms with Crippen molar-refractivity contribution in [2.75, 3.05) is 6.54 Å². The van der Waals surface area contributed by atoms with E-state index in [1.165, 1.54) is 16.5 Å². The fourth-order valence-electron chi connectivity index (χ4n) is 1.34. The van der Waals surface area contributed by atoms with Gasteiger partial charge in [-0.3, -0.25) is 0 Å². The van der Waals surface area contributed by atoms with Gasteiger partial charge in [0, 0.05) is 15.0 Å². The Morgan fingerprint density at radius 1 is 1.33 bits per heavy atom. The largest absolute Gasteiger partial charge is 0.310 e. The fraction of sp³-hybridized carbons (Fsp3) is 0.333. The molecule has 2 rings (SSSR count). The summed E-state index contributed by atoms with van der Waals surface area (Å²) in [6.07, 6.45) is 1.25. The van der Waals surface area contributed by atoms with Gasteiger partial charge < -0.3 is 5.32 Å². The summed E-state index contributed by atoms with van der Waals surface area (Å²) in [6.45, 7) is 1.14. The summed E-state index contributed by atoms with van der Waals surface area (Å²) in [7, 11) is 0. The van der Waals surface area contributed by atoms with E-state index in [-0.39, 0.29) is 0 Å². The van der Waals surface area contributed by atoms with Gasteiger partial charge in [0.05, 0.1) is 0 Å². The molecule has 1 aromatic carbocycles. The Bertz CT molecular complexity index is 295. The molecule has 1 atom stereocenters. The van der Waals surface area contributed by atoms with Crippen molar-refractivity contribution in [2.24, 2.45) is 0 Å². The number of hydrogen-bond donors (Lipinski definition) is 1. The monoisotopic (exact) mass is 289 g/mol. The standard InChI is InChI=1S/C9H9Br2N/c10-7-3-1-2-6(9(7)11)8-4-5-12-8/h1-3,8,12H,4-5H2. The molecule has 1 unspecified atom stereocenters. The lowest BCUT2D eigenvalue weighted by Gasteiger charge is -2.29. The molecule has 0 amide bonds. The molecule has 1 fully saturated rings. The summed E-state index contributed by atoms with van der Waals surface area (Å²) in [5.41, 5.74) is 1.36. The van der Waals surface area contributed by atoms with Crippen molar-refractivity contribution in [3.63, 3.8) is 0 Å². The van der Waals surface area contributed by atoms with Crippen LogP contribution in [0.25, 0.3) is 0 Å². The Morgan fingerprint density at radius 3 is 2.67 bits per heavy atom. The maximum absolute atomic E-state index is 3.57. The molecule has 1 heterocycles. The van der Waals surface area contributed by atoms with Gasteiger partial charge in [-0.25, -0.2) is 0 Å². The van der Waals surface area contributed by atoms with Crippen molar-refractivity contribution in [3.05, 3.63) is 32.7 Å². The molecule has 1 aromatic rings. The van der Waals surface area contributed by atoms with Crippen molar-refractivity contribution >= 4 is 31.9 Å². The molecule has 1 saturated heterocycles. The minimum Gasteiger partial charge on any atom is -0.310 e. The van der Waals surface area contributed by atoms with Gasteiger partial charge in [0.2, 0.25) is 0 Å². The number of hydrogen-bond acceptors (Lipinski definition) is 1. The van der Waals surface area contributed by atoms with Gasteiger partial charge in [0.15, 0.2) is 0 Å². The summed E-state index contributed by atoms with van der Waals surface area (Å²) in [4.78, 5) is 0. The molecule has 0 spiro atoms. The molecule has 64 valence electrons. The highest BCUT2D eigenvalue weighted by molar-refractivity contribution is 9.13. The normalized spacial score (nSPS) is 22.0. The van der Waals surface area contributed by atoms with Crippen LogP contribution in [0.5, 0.6) is 0 Å². The second-order valence-corrected chi connectivity index (χ2v) is 4.59. The quantitative estimate of drug-likeness (QED) is 0.837. The summed E-state index contributed by atoms with van der Waals surface area (Å²) < 4.78 is 2.32. The molecular weight excluding hydrogens is 282 g/mol. The van der Waals surface area contributed by atoms with E-state index in [4.69, 9.17) is 0 Å². The van der Waals surface area contributed by atoms with Crippen LogP contribution in [0.1, 0.15) is 18.0 Å². The maximum Gasteiger partial charge on any atom is 0.0365 e. The molecule has 1 aliphatic heterocycles. The van der Waals surface area contributed by atoms with Crippen molar-refractivity contribution in [1.29, 1.82) is 0 Å². The van der Waals surface area contributed by atoms with Gasteiger partial charge in [-0.1, -0.05) is 12.1 Å². The van der Waals surface area contributed by atoms with Crippen LogP contribution < -0.4 is 5.32 Å². The smallest absolute Gasteiger partial charge is 0.0365 e. The van der Waals surface area contributed by atoms with Gasteiger partial charge in [-0.15, -0.1) is 0 Å². The number of benzene rings is 1. The van der Waals surface area contributed by atoms with Crippen LogP contribution in [0.4, 0.5) is 0 Å². The molecule has 0 radical (unpaired) electrons. The Kier molecular flexibility index (Phi) is 2.53. The minimum absolute atomic E-state index is 0.553. The van der Waals surface area contributed by atoms with E-state index in [9.17, 15) is 0 Å². The van der Waals surface area contributed by atoms with E-state index in [1.807, 2.05) is 6.07 Å². The van der Waals surface area contributed by atoms with Gasteiger partial charge >= 0.3 is 0 Å². The zero-order chi connectivity index (χ0) is 8.55. The third-order valence-electron chi connectivity index (χ3n) is 2.18. The van der Waals surface area contributed by atoms with Crippen LogP contribution in [0.15, 0.2) is 27.1 Å². The molecular formula is C9H9Br2N. The highest BCUT2D eigenvalue weighted by Gasteiger charge is 2.20. The molecule has 0 aromatic heterocycles. The lowest BCUT2D eigenvalue weighted by molar-refractivity contribution is 0.382. The Hall–Kier alpha value is 0.140. The van der Waals surface area contributed by atoms with E-state index >= 15 is 0 Å². The lowest BCUT2D eigenvalue weighted by atomic mass is 9.98. The van der Waals surface area contributed by atoms with E-state index in [0.717, 1.165) is 11.0 Å². The molecule has 12 heavy (non-hydrogen) atoms. The van der Waals surface area contributed by atoms with Gasteiger partial charge in [0.25, 0.3) is 0 Å². The zero-order valence-corrected chi connectivity index (χ0v) is 9.65. The Labute approximate surface area is 88.8 Å². The van der Waals surface area contributed by atoms with Gasteiger partial charge in [0.1, 0.15) is 0 Å². The van der Waals surface area contributed by atoms with E-state index in [1.54, 1.807) is 0 Å². The molecule has 1 nitrogen and oxygen atoms in total. The predicted molar refractivity (Wildman–Crippen MR) is 57.2 cm³/mol. The first kappa shape index (κ1) is 8.73. The number of nitrogens with one attached hydrogen (secondary N) is 1. The SMILES string of the molecule is Brc1cccc(C2CCN2)c1Br. The molecule has 3 heteroatoms. The number of rotatable bonds is 1. The predicted octanol–water partition coefficient (Wildman–Crippen LogP) is 3.25. The first-order valence-electron chi connectivity index (χ1n) is 3.96. The van der Waals surface area contributed by atoms with Gasteiger partial charge in [-0.05, 0) is 56.5 Å². The Morgan fingerprint density at radius 2 is 2.08 bits per heavy atom. The third kappa shape index (κ3) is 1.45. The summed E-state index contributed by atoms with van der Waals surface area (Å²) in [5.74, 6) is 0. The van der Waals surface area contributed by atoms with Crippen molar-refractivity contribution in [1.82, 2.24) is 5.32 Å². The van der Waals surface area contributed by atoms with Crippen LogP contribution >= 0.6 is 31.9 Å². The molecule has 1 N–H and O–H groups in total. The summed E-state index contributed by atoms with van der Waals surface area (Å²) in [6, 6.07) is 6.83. The molecule has 0 aliphatic carbocycles. The van der Waals surface area contributed by atoms with E-state index in [0.29, 0.717) is 6.04 Å². The van der Waals surface area contributed by atoms with Crippen LogP contribution in [0.3, 0.4) is 0 Å². The topological polar surface area (TPSA) is 12.0 Å². The minimum atomic E-state index is 0.553. The molecule has 1 aliphatic rings. The summed E-state index contributed by atoms with van der Waals surface area (Å²) >= 11 is 7.06. The van der Waals surface area contributed by atoms with E-state index < -0.39 is 0 Å². The first-order chi connectivity index (χ1) is 5.79. The second kappa shape index (κ2) is 3.48. The van der Waals surface area contributed by atoms with Crippen LogP contribution in [0, 0.1) is 0 Å². The van der Waals surface area contributed by atoms with Crippen LogP contribution in [-0.2, 0) is 0 Å². The lowest BCUT2D eigenvalue weighted by Crippen LogP contribution is -2.35. The second-order valence-electron chi connectivity index (χ2n) is 2.94. The van der Waals surface area contributed by atoms with Crippen molar-refractivity contribution < 1.29 is 0 Å². The highest BCUT2D eigenvalue weighted by atomic mass is 79.9. The average Bonchev–Trinajstić information content (AvgIpc) is 1.95. The molecule has 0 saturated carbocycles. The highest BCUT2D eigenvalue weighted by Crippen LogP contribution is 2.34.